The lowest BCUT2D eigenvalue weighted by Gasteiger charge is -2.11. The zero-order valence-corrected chi connectivity index (χ0v) is 20.1. The van der Waals surface area contributed by atoms with Gasteiger partial charge in [0, 0.05) is 13.0 Å². The summed E-state index contributed by atoms with van der Waals surface area (Å²) >= 11 is 0. The van der Waals surface area contributed by atoms with E-state index < -0.39 is 0 Å². The fraction of sp³-hybridized carbons (Fsp3) is 0.161. The van der Waals surface area contributed by atoms with Gasteiger partial charge in [0.1, 0.15) is 18.2 Å². The van der Waals surface area contributed by atoms with Crippen LogP contribution < -0.4 is 10.1 Å². The number of carbonyl (C=O) groups is 1. The van der Waals surface area contributed by atoms with Gasteiger partial charge in [-0.3, -0.25) is 4.79 Å². The van der Waals surface area contributed by atoms with Crippen LogP contribution in [-0.2, 0) is 24.2 Å². The molecule has 1 heterocycles. The molecule has 0 aliphatic heterocycles. The number of rotatable bonds is 10. The van der Waals surface area contributed by atoms with E-state index in [1.165, 1.54) is 5.56 Å². The molecule has 1 aromatic heterocycles. The maximum Gasteiger partial charge on any atom is 0.224 e. The number of para-hydroxylation sites is 3. The van der Waals surface area contributed by atoms with Crippen LogP contribution in [0.15, 0.2) is 109 Å². The summed E-state index contributed by atoms with van der Waals surface area (Å²) < 4.78 is 8.10. The maximum absolute atomic E-state index is 12.6. The minimum atomic E-state index is 0.0116. The van der Waals surface area contributed by atoms with Crippen LogP contribution in [0.2, 0.25) is 0 Å². The van der Waals surface area contributed by atoms with Gasteiger partial charge in [-0.05, 0) is 41.0 Å². The van der Waals surface area contributed by atoms with Crippen LogP contribution in [-0.4, -0.2) is 28.6 Å². The van der Waals surface area contributed by atoms with Gasteiger partial charge in [-0.15, -0.1) is 0 Å². The van der Waals surface area contributed by atoms with Crippen molar-refractivity contribution in [3.8, 4) is 16.9 Å². The van der Waals surface area contributed by atoms with E-state index in [1.807, 2.05) is 78.9 Å². The number of hydrogen-bond acceptors (Lipinski definition) is 3. The van der Waals surface area contributed by atoms with E-state index in [2.05, 4.69) is 40.2 Å². The molecule has 0 spiro atoms. The number of benzene rings is 4. The van der Waals surface area contributed by atoms with Gasteiger partial charge in [0.15, 0.2) is 0 Å². The van der Waals surface area contributed by atoms with Crippen molar-refractivity contribution in [1.82, 2.24) is 14.9 Å². The topological polar surface area (TPSA) is 56.2 Å². The second-order valence-corrected chi connectivity index (χ2v) is 8.67. The highest BCUT2D eigenvalue weighted by Crippen LogP contribution is 2.20. The number of amides is 1. The molecule has 0 aliphatic rings. The summed E-state index contributed by atoms with van der Waals surface area (Å²) in [5.41, 5.74) is 5.35. The average molecular weight is 476 g/mol. The fourth-order valence-corrected chi connectivity index (χ4v) is 4.34. The first kappa shape index (κ1) is 23.4. The Morgan fingerprint density at radius 1 is 0.778 bits per heavy atom. The molecule has 180 valence electrons. The zero-order valence-electron chi connectivity index (χ0n) is 20.1. The molecular formula is C31H29N3O2. The van der Waals surface area contributed by atoms with Gasteiger partial charge in [-0.1, -0.05) is 84.9 Å². The predicted molar refractivity (Wildman–Crippen MR) is 144 cm³/mol. The normalized spacial score (nSPS) is 10.9. The van der Waals surface area contributed by atoms with Crippen LogP contribution in [0.3, 0.4) is 0 Å². The maximum atomic E-state index is 12.6. The molecule has 0 fully saturated rings. The van der Waals surface area contributed by atoms with Gasteiger partial charge < -0.3 is 14.6 Å². The molecule has 0 atom stereocenters. The average Bonchev–Trinajstić information content (AvgIpc) is 3.27. The van der Waals surface area contributed by atoms with Crippen LogP contribution in [0.25, 0.3) is 22.2 Å². The lowest BCUT2D eigenvalue weighted by molar-refractivity contribution is -0.120. The van der Waals surface area contributed by atoms with Gasteiger partial charge in [-0.2, -0.15) is 0 Å². The van der Waals surface area contributed by atoms with Crippen molar-refractivity contribution >= 4 is 16.9 Å². The smallest absolute Gasteiger partial charge is 0.224 e. The molecule has 0 unspecified atom stereocenters. The summed E-state index contributed by atoms with van der Waals surface area (Å²) in [6.45, 7) is 1.76. The highest BCUT2D eigenvalue weighted by atomic mass is 16.5. The Balaban J connectivity index is 1.17. The molecule has 0 saturated carbocycles. The number of carbonyl (C=O) groups excluding carboxylic acids is 1. The van der Waals surface area contributed by atoms with Crippen molar-refractivity contribution in [3.05, 3.63) is 121 Å². The van der Waals surface area contributed by atoms with E-state index >= 15 is 0 Å². The quantitative estimate of drug-likeness (QED) is 0.283. The molecule has 0 radical (unpaired) electrons. The summed E-state index contributed by atoms with van der Waals surface area (Å²) in [5, 5.41) is 3.06. The number of nitrogens with one attached hydrogen (secondary N) is 1. The summed E-state index contributed by atoms with van der Waals surface area (Å²) in [7, 11) is 0. The van der Waals surface area contributed by atoms with Gasteiger partial charge in [0.2, 0.25) is 5.91 Å². The first-order valence-corrected chi connectivity index (χ1v) is 12.3. The van der Waals surface area contributed by atoms with E-state index in [0.29, 0.717) is 32.5 Å². The predicted octanol–water partition coefficient (Wildman–Crippen LogP) is 5.68. The molecule has 0 aliphatic carbocycles. The number of ether oxygens (including phenoxy) is 1. The van der Waals surface area contributed by atoms with Crippen molar-refractivity contribution in [2.75, 3.05) is 13.2 Å². The Bertz CT molecular complexity index is 1410. The minimum absolute atomic E-state index is 0.0116. The third kappa shape index (κ3) is 5.81. The van der Waals surface area contributed by atoms with Crippen molar-refractivity contribution in [3.63, 3.8) is 0 Å². The third-order valence-corrected chi connectivity index (χ3v) is 6.16. The Labute approximate surface area is 211 Å². The largest absolute Gasteiger partial charge is 0.492 e. The molecule has 5 aromatic rings. The van der Waals surface area contributed by atoms with Crippen molar-refractivity contribution < 1.29 is 9.53 Å². The van der Waals surface area contributed by atoms with E-state index in [-0.39, 0.29) is 5.91 Å². The first-order valence-electron chi connectivity index (χ1n) is 12.3. The number of fused-ring (bicyclic) bond motifs is 1. The standard InChI is InChI=1S/C31H29N3O2/c35-31(23-24-15-17-26(18-16-24)25-9-3-1-4-10-25)32-20-19-30-33-28-13-7-8-14-29(28)34(30)21-22-36-27-11-5-2-6-12-27/h1-18H,19-23H2,(H,32,35). The van der Waals surface area contributed by atoms with Crippen molar-refractivity contribution in [2.45, 2.75) is 19.4 Å². The second-order valence-electron chi connectivity index (χ2n) is 8.67. The summed E-state index contributed by atoms with van der Waals surface area (Å²) in [4.78, 5) is 17.4. The van der Waals surface area contributed by atoms with Crippen molar-refractivity contribution in [1.29, 1.82) is 0 Å². The minimum Gasteiger partial charge on any atom is -0.492 e. The Kier molecular flexibility index (Phi) is 7.38. The van der Waals surface area contributed by atoms with E-state index in [4.69, 9.17) is 9.72 Å². The monoisotopic (exact) mass is 475 g/mol. The molecule has 5 rings (SSSR count). The van der Waals surface area contributed by atoms with E-state index in [9.17, 15) is 4.79 Å². The van der Waals surface area contributed by atoms with E-state index in [0.717, 1.165) is 33.7 Å². The van der Waals surface area contributed by atoms with Gasteiger partial charge in [0.05, 0.1) is 24.0 Å². The Hall–Kier alpha value is -4.38. The fourth-order valence-electron chi connectivity index (χ4n) is 4.34. The van der Waals surface area contributed by atoms with Crippen molar-refractivity contribution in [2.24, 2.45) is 0 Å². The first-order chi connectivity index (χ1) is 17.8. The number of imidazole rings is 1. The highest BCUT2D eigenvalue weighted by Gasteiger charge is 2.11. The molecule has 1 N–H and O–H groups in total. The summed E-state index contributed by atoms with van der Waals surface area (Å²) in [5.74, 6) is 1.81. The van der Waals surface area contributed by atoms with Crippen LogP contribution in [0.5, 0.6) is 5.75 Å². The van der Waals surface area contributed by atoms with Crippen LogP contribution in [0.4, 0.5) is 0 Å². The molecule has 5 nitrogen and oxygen atoms in total. The number of hydrogen-bond donors (Lipinski definition) is 1. The van der Waals surface area contributed by atoms with Gasteiger partial charge in [-0.25, -0.2) is 4.98 Å². The zero-order chi connectivity index (χ0) is 24.6. The van der Waals surface area contributed by atoms with Gasteiger partial charge >= 0.3 is 0 Å². The molecule has 5 heteroatoms. The number of nitrogens with zero attached hydrogens (tertiary/aromatic N) is 2. The molecular weight excluding hydrogens is 446 g/mol. The third-order valence-electron chi connectivity index (χ3n) is 6.16. The van der Waals surface area contributed by atoms with Crippen LogP contribution in [0.1, 0.15) is 11.4 Å². The van der Waals surface area contributed by atoms with Gasteiger partial charge in [0.25, 0.3) is 0 Å². The highest BCUT2D eigenvalue weighted by molar-refractivity contribution is 5.79. The summed E-state index contributed by atoms with van der Waals surface area (Å²) in [6, 6.07) is 36.3. The SMILES string of the molecule is O=C(Cc1ccc(-c2ccccc2)cc1)NCCc1nc2ccccc2n1CCOc1ccccc1. The van der Waals surface area contributed by atoms with Crippen LogP contribution >= 0.6 is 0 Å². The van der Waals surface area contributed by atoms with Crippen LogP contribution in [0, 0.1) is 0 Å². The lowest BCUT2D eigenvalue weighted by Crippen LogP contribution is -2.28. The lowest BCUT2D eigenvalue weighted by atomic mass is 10.0. The Morgan fingerprint density at radius 3 is 2.22 bits per heavy atom. The molecule has 4 aromatic carbocycles. The Morgan fingerprint density at radius 2 is 1.44 bits per heavy atom. The van der Waals surface area contributed by atoms with E-state index in [1.54, 1.807) is 0 Å². The number of aromatic nitrogens is 2. The molecule has 1 amide bonds. The molecule has 36 heavy (non-hydrogen) atoms. The molecule has 0 saturated heterocycles. The second kappa shape index (κ2) is 11.4. The molecule has 0 bridgehead atoms. The summed E-state index contributed by atoms with van der Waals surface area (Å²) in [6.07, 6.45) is 1.01.